The normalized spacial score (nSPS) is 17.3. The van der Waals surface area contributed by atoms with E-state index in [1.165, 1.54) is 0 Å². The third kappa shape index (κ3) is 3.80. The Morgan fingerprint density at radius 3 is 2.67 bits per heavy atom. The van der Waals surface area contributed by atoms with Crippen molar-refractivity contribution in [3.8, 4) is 0 Å². The van der Waals surface area contributed by atoms with Crippen LogP contribution in [0.3, 0.4) is 0 Å². The van der Waals surface area contributed by atoms with Gasteiger partial charge in [0.2, 0.25) is 0 Å². The minimum atomic E-state index is -0.757. The van der Waals surface area contributed by atoms with Gasteiger partial charge in [-0.1, -0.05) is 0 Å². The number of nitrogens with one attached hydrogen (secondary N) is 1. The summed E-state index contributed by atoms with van der Waals surface area (Å²) in [5.74, 6) is 1.63. The van der Waals surface area contributed by atoms with E-state index in [0.717, 1.165) is 11.3 Å². The zero-order valence-corrected chi connectivity index (χ0v) is 10.6. The quantitative estimate of drug-likeness (QED) is 0.839. The molecule has 0 radical (unpaired) electrons. The minimum absolute atomic E-state index is 0.165. The lowest BCUT2D eigenvalue weighted by molar-refractivity contribution is 0.407. The van der Waals surface area contributed by atoms with Crippen LogP contribution in [0.15, 0.2) is 16.7 Å². The van der Waals surface area contributed by atoms with Crippen LogP contribution in [0.2, 0.25) is 0 Å². The van der Waals surface area contributed by atoms with Gasteiger partial charge in [0.25, 0.3) is 0 Å². The predicted octanol–water partition coefficient (Wildman–Crippen LogP) is 2.01. The lowest BCUT2D eigenvalue weighted by atomic mass is 10.1. The molecule has 1 heterocycles. The van der Waals surface area contributed by atoms with E-state index in [-0.39, 0.29) is 12.1 Å². The molecule has 1 N–H and O–H groups in total. The summed E-state index contributed by atoms with van der Waals surface area (Å²) in [6.07, 6.45) is 3.42. The first kappa shape index (κ1) is 12.5. The van der Waals surface area contributed by atoms with Gasteiger partial charge in [0.1, 0.15) is 5.76 Å². The molecule has 0 aromatic carbocycles. The summed E-state index contributed by atoms with van der Waals surface area (Å²) in [5.41, 5.74) is 1.15. The zero-order valence-electron chi connectivity index (χ0n) is 9.74. The van der Waals surface area contributed by atoms with Crippen molar-refractivity contribution >= 4 is 10.8 Å². The topological polar surface area (TPSA) is 42.2 Å². The molecule has 1 aromatic heterocycles. The summed E-state index contributed by atoms with van der Waals surface area (Å²) in [4.78, 5) is 0. The maximum absolute atomic E-state index is 11.0. The summed E-state index contributed by atoms with van der Waals surface area (Å²) in [7, 11) is -0.757. The summed E-state index contributed by atoms with van der Waals surface area (Å²) in [6.45, 7) is 6.12. The van der Waals surface area contributed by atoms with Gasteiger partial charge in [0.05, 0.1) is 12.3 Å². The highest BCUT2D eigenvalue weighted by atomic mass is 32.2. The van der Waals surface area contributed by atoms with Gasteiger partial charge >= 0.3 is 0 Å². The fraction of sp³-hybridized carbons (Fsp3) is 0.636. The van der Waals surface area contributed by atoms with Gasteiger partial charge in [-0.25, -0.2) is 0 Å². The van der Waals surface area contributed by atoms with Gasteiger partial charge in [0, 0.05) is 28.9 Å². The highest BCUT2D eigenvalue weighted by molar-refractivity contribution is 7.84. The van der Waals surface area contributed by atoms with Crippen LogP contribution in [0.1, 0.15) is 31.2 Å². The highest BCUT2D eigenvalue weighted by Gasteiger charge is 2.14. The SMILES string of the molecule is Cc1ccoc1C(C)NC(C)CS(C)=O. The smallest absolute Gasteiger partial charge is 0.123 e. The van der Waals surface area contributed by atoms with Gasteiger partial charge in [0.15, 0.2) is 0 Å². The van der Waals surface area contributed by atoms with E-state index in [1.54, 1.807) is 12.5 Å². The summed E-state index contributed by atoms with van der Waals surface area (Å²) >= 11 is 0. The molecule has 86 valence electrons. The number of furan rings is 1. The molecule has 3 unspecified atom stereocenters. The van der Waals surface area contributed by atoms with Crippen molar-refractivity contribution in [2.45, 2.75) is 32.9 Å². The van der Waals surface area contributed by atoms with Gasteiger partial charge in [-0.05, 0) is 32.4 Å². The summed E-state index contributed by atoms with van der Waals surface area (Å²) in [5, 5.41) is 3.37. The Bertz CT molecular complexity index is 335. The third-order valence-electron chi connectivity index (χ3n) is 2.31. The second kappa shape index (κ2) is 5.47. The van der Waals surface area contributed by atoms with Crippen molar-refractivity contribution in [2.24, 2.45) is 0 Å². The van der Waals surface area contributed by atoms with Gasteiger partial charge in [-0.2, -0.15) is 0 Å². The second-order valence-corrected chi connectivity index (χ2v) is 5.48. The lowest BCUT2D eigenvalue weighted by Gasteiger charge is -2.18. The average molecular weight is 229 g/mol. The lowest BCUT2D eigenvalue weighted by Crippen LogP contribution is -2.33. The Kier molecular flexibility index (Phi) is 4.54. The Labute approximate surface area is 93.7 Å². The molecule has 0 spiro atoms. The molecule has 3 nitrogen and oxygen atoms in total. The molecule has 0 fully saturated rings. The molecular weight excluding hydrogens is 210 g/mol. The molecule has 0 amide bonds. The standard InChI is InChI=1S/C11H19NO2S/c1-8-5-6-14-11(8)10(3)12-9(2)7-15(4)13/h5-6,9-10,12H,7H2,1-4H3. The van der Waals surface area contributed by atoms with E-state index in [2.05, 4.69) is 12.2 Å². The largest absolute Gasteiger partial charge is 0.467 e. The van der Waals surface area contributed by atoms with E-state index >= 15 is 0 Å². The van der Waals surface area contributed by atoms with Crippen LogP contribution in [0.5, 0.6) is 0 Å². The van der Waals surface area contributed by atoms with Crippen LogP contribution in [-0.4, -0.2) is 22.3 Å². The van der Waals surface area contributed by atoms with Crippen molar-refractivity contribution in [1.29, 1.82) is 0 Å². The first-order valence-corrected chi connectivity index (χ1v) is 6.83. The molecule has 1 aromatic rings. The first-order chi connectivity index (χ1) is 7.00. The monoisotopic (exact) mass is 229 g/mol. The molecule has 0 aliphatic carbocycles. The fourth-order valence-electron chi connectivity index (χ4n) is 1.73. The number of hydrogen-bond donors (Lipinski definition) is 1. The maximum atomic E-state index is 11.0. The van der Waals surface area contributed by atoms with E-state index in [1.807, 2.05) is 19.9 Å². The molecule has 0 saturated carbocycles. The van der Waals surface area contributed by atoms with E-state index in [4.69, 9.17) is 4.42 Å². The van der Waals surface area contributed by atoms with Crippen molar-refractivity contribution in [3.05, 3.63) is 23.7 Å². The molecular formula is C11H19NO2S. The average Bonchev–Trinajstić information content (AvgIpc) is 2.49. The minimum Gasteiger partial charge on any atom is -0.467 e. The highest BCUT2D eigenvalue weighted by Crippen LogP contribution is 2.18. The van der Waals surface area contributed by atoms with Crippen molar-refractivity contribution in [3.63, 3.8) is 0 Å². The third-order valence-corrected chi connectivity index (χ3v) is 3.28. The van der Waals surface area contributed by atoms with E-state index in [9.17, 15) is 4.21 Å². The molecule has 0 aliphatic rings. The first-order valence-electron chi connectivity index (χ1n) is 5.10. The number of hydrogen-bond acceptors (Lipinski definition) is 3. The van der Waals surface area contributed by atoms with Gasteiger partial charge < -0.3 is 9.73 Å². The molecule has 0 bridgehead atoms. The molecule has 3 atom stereocenters. The predicted molar refractivity (Wildman–Crippen MR) is 63.4 cm³/mol. The van der Waals surface area contributed by atoms with Crippen LogP contribution in [0, 0.1) is 6.92 Å². The van der Waals surface area contributed by atoms with Crippen molar-refractivity contribution in [1.82, 2.24) is 5.32 Å². The molecule has 0 aliphatic heterocycles. The summed E-state index contributed by atoms with van der Waals surface area (Å²) < 4.78 is 16.4. The molecule has 1 rings (SSSR count). The molecule has 15 heavy (non-hydrogen) atoms. The number of rotatable bonds is 5. The summed E-state index contributed by atoms with van der Waals surface area (Å²) in [6, 6.07) is 2.35. The Hall–Kier alpha value is -0.610. The maximum Gasteiger partial charge on any atom is 0.123 e. The van der Waals surface area contributed by atoms with Crippen LogP contribution in [0.25, 0.3) is 0 Å². The number of aryl methyl sites for hydroxylation is 1. The van der Waals surface area contributed by atoms with E-state index in [0.29, 0.717) is 5.75 Å². The van der Waals surface area contributed by atoms with Gasteiger partial charge in [-0.3, -0.25) is 4.21 Å². The fourth-order valence-corrected chi connectivity index (χ4v) is 2.53. The Morgan fingerprint density at radius 1 is 1.53 bits per heavy atom. The van der Waals surface area contributed by atoms with E-state index < -0.39 is 10.8 Å². The Balaban J connectivity index is 2.52. The Morgan fingerprint density at radius 2 is 2.20 bits per heavy atom. The van der Waals surface area contributed by atoms with Crippen molar-refractivity contribution < 1.29 is 8.63 Å². The zero-order chi connectivity index (χ0) is 11.4. The molecule has 0 saturated heterocycles. The van der Waals surface area contributed by atoms with Crippen LogP contribution >= 0.6 is 0 Å². The van der Waals surface area contributed by atoms with Crippen LogP contribution in [-0.2, 0) is 10.8 Å². The van der Waals surface area contributed by atoms with Crippen LogP contribution < -0.4 is 5.32 Å². The molecule has 4 heteroatoms. The van der Waals surface area contributed by atoms with Gasteiger partial charge in [-0.15, -0.1) is 0 Å². The van der Waals surface area contributed by atoms with Crippen LogP contribution in [0.4, 0.5) is 0 Å². The second-order valence-electron chi connectivity index (χ2n) is 4.00. The van der Waals surface area contributed by atoms with Crippen molar-refractivity contribution in [2.75, 3.05) is 12.0 Å².